The van der Waals surface area contributed by atoms with E-state index in [4.69, 9.17) is 16.5 Å². The quantitative estimate of drug-likeness (QED) is 0.320. The van der Waals surface area contributed by atoms with E-state index in [0.29, 0.717) is 29.9 Å². The van der Waals surface area contributed by atoms with Crippen molar-refractivity contribution in [3.05, 3.63) is 73.1 Å². The number of nitrogens with two attached hydrogens (primary N) is 2. The molecular formula is C29H29N9O2S. The summed E-state index contributed by atoms with van der Waals surface area (Å²) in [6.45, 7) is 0. The van der Waals surface area contributed by atoms with Crippen LogP contribution in [0.15, 0.2) is 72.3 Å². The molecule has 0 amide bonds. The van der Waals surface area contributed by atoms with Crippen LogP contribution in [0.25, 0.3) is 28.0 Å². The molecular weight excluding hydrogens is 538 g/mol. The van der Waals surface area contributed by atoms with Gasteiger partial charge in [-0.15, -0.1) is 0 Å². The maximum atomic E-state index is 13.1. The van der Waals surface area contributed by atoms with Crippen LogP contribution in [-0.2, 0) is 9.84 Å². The highest BCUT2D eigenvalue weighted by molar-refractivity contribution is 7.91. The summed E-state index contributed by atoms with van der Waals surface area (Å²) in [5.41, 5.74) is 17.7. The molecule has 2 bridgehead atoms. The lowest BCUT2D eigenvalue weighted by molar-refractivity contribution is 0.403. The summed E-state index contributed by atoms with van der Waals surface area (Å²) in [6, 6.07) is 14.2. The molecule has 2 saturated heterocycles. The van der Waals surface area contributed by atoms with E-state index in [1.165, 1.54) is 17.1 Å². The molecule has 2 aliphatic heterocycles. The van der Waals surface area contributed by atoms with Crippen molar-refractivity contribution in [2.24, 2.45) is 0 Å². The van der Waals surface area contributed by atoms with Crippen molar-refractivity contribution in [1.29, 1.82) is 0 Å². The van der Waals surface area contributed by atoms with Crippen molar-refractivity contribution in [3.63, 3.8) is 0 Å². The average Bonchev–Trinajstić information content (AvgIpc) is 3.51. The normalized spacial score (nSPS) is 20.5. The largest absolute Gasteiger partial charge is 0.394 e. The molecule has 2 aliphatic rings. The van der Waals surface area contributed by atoms with Gasteiger partial charge in [0.2, 0.25) is 0 Å². The number of aromatic nitrogens is 6. The predicted octanol–water partition coefficient (Wildman–Crippen LogP) is 3.73. The minimum atomic E-state index is -3.70. The van der Waals surface area contributed by atoms with E-state index in [0.717, 1.165) is 41.0 Å². The van der Waals surface area contributed by atoms with Crippen LogP contribution < -0.4 is 16.4 Å². The minimum Gasteiger partial charge on any atom is -0.394 e. The van der Waals surface area contributed by atoms with Crippen molar-refractivity contribution >= 4 is 32.8 Å². The lowest BCUT2D eigenvalue weighted by atomic mass is 9.87. The SMILES string of the molecule is CS(=O)(=O)c1c(C2C[C@H]3CC[C@@H](C2)N3c2ncncc2N)nc2c(-c3ccc(-c4ccccc4)nc3)cnn2c1N. The Kier molecular flexibility index (Phi) is 5.89. The highest BCUT2D eigenvalue weighted by atomic mass is 32.2. The van der Waals surface area contributed by atoms with Gasteiger partial charge in [-0.05, 0) is 31.7 Å². The average molecular weight is 568 g/mol. The van der Waals surface area contributed by atoms with Gasteiger partial charge in [-0.1, -0.05) is 36.4 Å². The number of nitrogen functional groups attached to an aromatic ring is 2. The first-order valence-corrected chi connectivity index (χ1v) is 15.4. The highest BCUT2D eigenvalue weighted by Gasteiger charge is 2.44. The molecule has 5 aromatic rings. The zero-order valence-corrected chi connectivity index (χ0v) is 23.2. The number of fused-ring (bicyclic) bond motifs is 3. The molecule has 1 aromatic carbocycles. The molecule has 1 unspecified atom stereocenters. The van der Waals surface area contributed by atoms with Crippen molar-refractivity contribution in [2.75, 3.05) is 22.6 Å². The van der Waals surface area contributed by atoms with Gasteiger partial charge < -0.3 is 16.4 Å². The second-order valence-electron chi connectivity index (χ2n) is 10.8. The number of sulfone groups is 1. The highest BCUT2D eigenvalue weighted by Crippen LogP contribution is 2.47. The fraction of sp³-hybridized carbons (Fsp3) is 0.276. The smallest absolute Gasteiger partial charge is 0.180 e. The van der Waals surface area contributed by atoms with Gasteiger partial charge in [0, 0.05) is 47.1 Å². The van der Waals surface area contributed by atoms with Gasteiger partial charge in [0.15, 0.2) is 21.3 Å². The summed E-state index contributed by atoms with van der Waals surface area (Å²) in [5, 5.41) is 4.44. The van der Waals surface area contributed by atoms with Gasteiger partial charge in [0.05, 0.1) is 29.5 Å². The Morgan fingerprint density at radius 3 is 2.32 bits per heavy atom. The molecule has 0 radical (unpaired) electrons. The standard InChI is InChI=1S/C29H29N9O2S/c1-41(39,40)26-25(19-11-20-8-9-21(12-19)37(20)29-23(30)15-32-16-34-29)36-28-22(14-35-38(28)27(26)31)18-7-10-24(33-13-18)17-5-3-2-4-6-17/h2-7,10,13-16,19-21H,8-9,11-12,30-31H2,1H3/t19?,20-,21+. The van der Waals surface area contributed by atoms with Gasteiger partial charge >= 0.3 is 0 Å². The van der Waals surface area contributed by atoms with Crippen molar-refractivity contribution in [2.45, 2.75) is 48.6 Å². The third kappa shape index (κ3) is 4.26. The third-order valence-corrected chi connectivity index (χ3v) is 9.42. The summed E-state index contributed by atoms with van der Waals surface area (Å²) in [4.78, 5) is 20.5. The van der Waals surface area contributed by atoms with Crippen molar-refractivity contribution in [3.8, 4) is 22.4 Å². The number of nitrogens with zero attached hydrogens (tertiary/aromatic N) is 7. The van der Waals surface area contributed by atoms with Gasteiger partial charge in [0.25, 0.3) is 0 Å². The van der Waals surface area contributed by atoms with E-state index in [1.54, 1.807) is 18.6 Å². The molecule has 12 heteroatoms. The van der Waals surface area contributed by atoms with Crippen LogP contribution >= 0.6 is 0 Å². The molecule has 208 valence electrons. The Morgan fingerprint density at radius 1 is 0.902 bits per heavy atom. The number of benzene rings is 1. The number of hydrogen-bond acceptors (Lipinski definition) is 10. The summed E-state index contributed by atoms with van der Waals surface area (Å²) >= 11 is 0. The number of anilines is 3. The third-order valence-electron chi connectivity index (χ3n) is 8.26. The van der Waals surface area contributed by atoms with Crippen LogP contribution in [0.1, 0.15) is 37.3 Å². The van der Waals surface area contributed by atoms with Gasteiger partial charge in [-0.25, -0.2) is 23.4 Å². The lowest BCUT2D eigenvalue weighted by Crippen LogP contribution is -2.43. The first-order valence-electron chi connectivity index (χ1n) is 13.5. The summed E-state index contributed by atoms with van der Waals surface area (Å²) < 4.78 is 27.6. The Bertz CT molecular complexity index is 1860. The maximum Gasteiger partial charge on any atom is 0.180 e. The first kappa shape index (κ1) is 25.4. The van der Waals surface area contributed by atoms with Gasteiger partial charge in [-0.3, -0.25) is 4.98 Å². The zero-order valence-electron chi connectivity index (χ0n) is 22.4. The Balaban J connectivity index is 1.30. The molecule has 41 heavy (non-hydrogen) atoms. The van der Waals surface area contributed by atoms with Crippen LogP contribution in [0.5, 0.6) is 0 Å². The maximum absolute atomic E-state index is 13.1. The fourth-order valence-corrected chi connectivity index (χ4v) is 7.57. The zero-order chi connectivity index (χ0) is 28.3. The van der Waals surface area contributed by atoms with Crippen LogP contribution in [0.2, 0.25) is 0 Å². The molecule has 4 N–H and O–H groups in total. The molecule has 11 nitrogen and oxygen atoms in total. The number of piperidine rings is 1. The predicted molar refractivity (Wildman–Crippen MR) is 157 cm³/mol. The van der Waals surface area contributed by atoms with E-state index < -0.39 is 9.84 Å². The van der Waals surface area contributed by atoms with E-state index in [9.17, 15) is 8.42 Å². The van der Waals surface area contributed by atoms with Crippen molar-refractivity contribution in [1.82, 2.24) is 29.5 Å². The molecule has 4 aromatic heterocycles. The minimum absolute atomic E-state index is 0.0524. The molecule has 0 spiro atoms. The molecule has 3 atom stereocenters. The van der Waals surface area contributed by atoms with E-state index in [2.05, 4.69) is 25.0 Å². The van der Waals surface area contributed by atoms with Crippen LogP contribution in [0.3, 0.4) is 0 Å². The van der Waals surface area contributed by atoms with Crippen LogP contribution in [0, 0.1) is 0 Å². The number of pyridine rings is 1. The Morgan fingerprint density at radius 2 is 1.66 bits per heavy atom. The lowest BCUT2D eigenvalue weighted by Gasteiger charge is -2.40. The van der Waals surface area contributed by atoms with Gasteiger partial charge in [-0.2, -0.15) is 9.61 Å². The monoisotopic (exact) mass is 567 g/mol. The van der Waals surface area contributed by atoms with Crippen molar-refractivity contribution < 1.29 is 8.42 Å². The summed E-state index contributed by atoms with van der Waals surface area (Å²) in [6.07, 6.45) is 11.1. The number of rotatable bonds is 5. The van der Waals surface area contributed by atoms with Crippen LogP contribution in [-0.4, -0.2) is 56.3 Å². The Hall–Kier alpha value is -4.58. The molecule has 0 saturated carbocycles. The summed E-state index contributed by atoms with van der Waals surface area (Å²) in [7, 11) is -3.70. The first-order chi connectivity index (χ1) is 19.8. The second-order valence-corrected chi connectivity index (χ2v) is 12.8. The molecule has 0 aliphatic carbocycles. The van der Waals surface area contributed by atoms with Crippen LogP contribution in [0.4, 0.5) is 17.3 Å². The topological polar surface area (TPSA) is 158 Å². The van der Waals surface area contributed by atoms with E-state index >= 15 is 0 Å². The summed E-state index contributed by atoms with van der Waals surface area (Å²) in [5.74, 6) is 0.703. The fourth-order valence-electron chi connectivity index (χ4n) is 6.51. The van der Waals surface area contributed by atoms with E-state index in [1.807, 2.05) is 42.5 Å². The molecule has 7 rings (SSSR count). The molecule has 6 heterocycles. The van der Waals surface area contributed by atoms with E-state index in [-0.39, 0.29) is 28.7 Å². The second kappa shape index (κ2) is 9.51. The van der Waals surface area contributed by atoms with Gasteiger partial charge in [0.1, 0.15) is 17.0 Å². The molecule has 2 fully saturated rings. The number of hydrogen-bond donors (Lipinski definition) is 2. The Labute approximate surface area is 237 Å².